The Morgan fingerprint density at radius 3 is 2.50 bits per heavy atom. The lowest BCUT2D eigenvalue weighted by molar-refractivity contribution is 0.0948. The van der Waals surface area contributed by atoms with Crippen molar-refractivity contribution in [2.24, 2.45) is 0 Å². The third-order valence-electron chi connectivity index (χ3n) is 4.36. The molecule has 0 fully saturated rings. The van der Waals surface area contributed by atoms with Gasteiger partial charge >= 0.3 is 0 Å². The highest BCUT2D eigenvalue weighted by molar-refractivity contribution is 5.92. The molecule has 1 heterocycles. The highest BCUT2D eigenvalue weighted by atomic mass is 16.5. The Morgan fingerprint density at radius 1 is 1.00 bits per heavy atom. The fourth-order valence-corrected chi connectivity index (χ4v) is 2.76. The van der Waals surface area contributed by atoms with E-state index in [9.17, 15) is 4.79 Å². The van der Waals surface area contributed by atoms with Crippen LogP contribution in [0.1, 0.15) is 27.2 Å². The monoisotopic (exact) mass is 376 g/mol. The summed E-state index contributed by atoms with van der Waals surface area (Å²) < 4.78 is 5.32. The fraction of sp³-hybridized carbons (Fsp3) is 0.227. The van der Waals surface area contributed by atoms with Crippen molar-refractivity contribution in [1.29, 1.82) is 0 Å². The van der Waals surface area contributed by atoms with E-state index in [4.69, 9.17) is 4.74 Å². The molecule has 0 aliphatic heterocycles. The number of anilines is 1. The van der Waals surface area contributed by atoms with Gasteiger partial charge < -0.3 is 15.4 Å². The van der Waals surface area contributed by atoms with E-state index in [-0.39, 0.29) is 5.91 Å². The smallest absolute Gasteiger partial charge is 0.271 e. The topological polar surface area (TPSA) is 76.1 Å². The first-order chi connectivity index (χ1) is 13.7. The molecule has 0 saturated carbocycles. The number of hydrogen-bond donors (Lipinski definition) is 2. The van der Waals surface area contributed by atoms with Gasteiger partial charge in [0.25, 0.3) is 5.91 Å². The molecule has 6 nitrogen and oxygen atoms in total. The Balaban J connectivity index is 1.48. The molecule has 0 saturated heterocycles. The number of methoxy groups -OCH3 is 1. The van der Waals surface area contributed by atoms with Gasteiger partial charge in [0.2, 0.25) is 0 Å². The Kier molecular flexibility index (Phi) is 6.57. The zero-order valence-corrected chi connectivity index (χ0v) is 16.1. The van der Waals surface area contributed by atoms with Crippen LogP contribution in [0.15, 0.2) is 60.7 Å². The second kappa shape index (κ2) is 9.50. The maximum Gasteiger partial charge on any atom is 0.271 e. The van der Waals surface area contributed by atoms with E-state index < -0.39 is 0 Å². The van der Waals surface area contributed by atoms with Crippen molar-refractivity contribution >= 4 is 11.7 Å². The standard InChI is InChI=1S/C22H24N4O2/c1-16-7-9-17(10-8-16)15-24-21-12-11-19(25-26-21)22(27)23-14-13-18-5-3-4-6-20(18)28-2/h3-12H,13-15H2,1-2H3,(H,23,27)(H,24,26). The number of nitrogens with zero attached hydrogens (tertiary/aromatic N) is 2. The first-order valence-corrected chi connectivity index (χ1v) is 9.19. The molecular formula is C22H24N4O2. The summed E-state index contributed by atoms with van der Waals surface area (Å²) in [5.74, 6) is 1.21. The molecule has 2 aromatic carbocycles. The molecule has 0 atom stereocenters. The number of carbonyl (C=O) groups excluding carboxylic acids is 1. The maximum atomic E-state index is 12.2. The number of aromatic nitrogens is 2. The molecule has 28 heavy (non-hydrogen) atoms. The van der Waals surface area contributed by atoms with Crippen LogP contribution < -0.4 is 15.4 Å². The van der Waals surface area contributed by atoms with Crippen molar-refractivity contribution in [2.75, 3.05) is 19.0 Å². The number of ether oxygens (including phenoxy) is 1. The van der Waals surface area contributed by atoms with E-state index in [1.165, 1.54) is 5.56 Å². The van der Waals surface area contributed by atoms with E-state index >= 15 is 0 Å². The molecule has 0 aliphatic rings. The number of aryl methyl sites for hydroxylation is 1. The number of hydrogen-bond acceptors (Lipinski definition) is 5. The van der Waals surface area contributed by atoms with Crippen LogP contribution in [0.4, 0.5) is 5.82 Å². The molecule has 6 heteroatoms. The van der Waals surface area contributed by atoms with Crippen LogP contribution >= 0.6 is 0 Å². The van der Waals surface area contributed by atoms with Gasteiger partial charge in [0.15, 0.2) is 5.69 Å². The SMILES string of the molecule is COc1ccccc1CCNC(=O)c1ccc(NCc2ccc(C)cc2)nn1. The molecular weight excluding hydrogens is 352 g/mol. The van der Waals surface area contributed by atoms with Crippen molar-refractivity contribution in [3.05, 3.63) is 83.0 Å². The summed E-state index contributed by atoms with van der Waals surface area (Å²) in [5, 5.41) is 14.2. The minimum absolute atomic E-state index is 0.243. The average molecular weight is 376 g/mol. The molecule has 0 bridgehead atoms. The lowest BCUT2D eigenvalue weighted by atomic mass is 10.1. The summed E-state index contributed by atoms with van der Waals surface area (Å²) >= 11 is 0. The summed E-state index contributed by atoms with van der Waals surface area (Å²) in [7, 11) is 1.64. The molecule has 0 unspecified atom stereocenters. The van der Waals surface area contributed by atoms with Crippen LogP contribution in [0.25, 0.3) is 0 Å². The summed E-state index contributed by atoms with van der Waals surface area (Å²) in [6.45, 7) is 3.20. The average Bonchev–Trinajstić information content (AvgIpc) is 2.74. The van der Waals surface area contributed by atoms with Crippen LogP contribution in [-0.2, 0) is 13.0 Å². The third-order valence-corrected chi connectivity index (χ3v) is 4.36. The largest absolute Gasteiger partial charge is 0.496 e. The Morgan fingerprint density at radius 2 is 1.79 bits per heavy atom. The molecule has 3 aromatic rings. The maximum absolute atomic E-state index is 12.2. The highest BCUT2D eigenvalue weighted by Crippen LogP contribution is 2.17. The van der Waals surface area contributed by atoms with Gasteiger partial charge in [-0.3, -0.25) is 4.79 Å². The Bertz CT molecular complexity index is 909. The number of carbonyl (C=O) groups is 1. The molecule has 144 valence electrons. The van der Waals surface area contributed by atoms with Gasteiger partial charge in [-0.25, -0.2) is 0 Å². The molecule has 1 aromatic heterocycles. The van der Waals surface area contributed by atoms with E-state index in [2.05, 4.69) is 52.0 Å². The van der Waals surface area contributed by atoms with E-state index in [1.54, 1.807) is 19.2 Å². The molecule has 0 aliphatic carbocycles. The minimum atomic E-state index is -0.243. The second-order valence-corrected chi connectivity index (χ2v) is 6.46. The first-order valence-electron chi connectivity index (χ1n) is 9.19. The normalized spacial score (nSPS) is 10.4. The van der Waals surface area contributed by atoms with E-state index in [0.717, 1.165) is 16.9 Å². The fourth-order valence-electron chi connectivity index (χ4n) is 2.76. The first kappa shape index (κ1) is 19.4. The summed E-state index contributed by atoms with van der Waals surface area (Å²) in [6, 6.07) is 19.5. The van der Waals surface area contributed by atoms with Crippen molar-refractivity contribution < 1.29 is 9.53 Å². The van der Waals surface area contributed by atoms with Crippen LogP contribution in [0, 0.1) is 6.92 Å². The number of nitrogens with one attached hydrogen (secondary N) is 2. The quantitative estimate of drug-likeness (QED) is 0.630. The van der Waals surface area contributed by atoms with Crippen molar-refractivity contribution in [3.8, 4) is 5.75 Å². The third kappa shape index (κ3) is 5.30. The van der Waals surface area contributed by atoms with Gasteiger partial charge in [0.05, 0.1) is 7.11 Å². The predicted octanol–water partition coefficient (Wildman–Crippen LogP) is 3.38. The second-order valence-electron chi connectivity index (χ2n) is 6.46. The van der Waals surface area contributed by atoms with Crippen LogP contribution in [-0.4, -0.2) is 29.8 Å². The van der Waals surface area contributed by atoms with Gasteiger partial charge in [-0.1, -0.05) is 48.0 Å². The number of para-hydroxylation sites is 1. The van der Waals surface area contributed by atoms with Crippen molar-refractivity contribution in [3.63, 3.8) is 0 Å². The van der Waals surface area contributed by atoms with Gasteiger partial charge in [-0.15, -0.1) is 10.2 Å². The zero-order valence-electron chi connectivity index (χ0n) is 16.1. The predicted molar refractivity (Wildman–Crippen MR) is 110 cm³/mol. The highest BCUT2D eigenvalue weighted by Gasteiger charge is 2.09. The van der Waals surface area contributed by atoms with Crippen LogP contribution in [0.5, 0.6) is 5.75 Å². The zero-order chi connectivity index (χ0) is 19.8. The number of benzene rings is 2. The molecule has 3 rings (SSSR count). The lowest BCUT2D eigenvalue weighted by Crippen LogP contribution is -2.27. The molecule has 0 radical (unpaired) electrons. The van der Waals surface area contributed by atoms with Gasteiger partial charge in [-0.2, -0.15) is 0 Å². The van der Waals surface area contributed by atoms with E-state index in [1.807, 2.05) is 24.3 Å². The minimum Gasteiger partial charge on any atom is -0.496 e. The van der Waals surface area contributed by atoms with Crippen LogP contribution in [0.2, 0.25) is 0 Å². The lowest BCUT2D eigenvalue weighted by Gasteiger charge is -2.09. The van der Waals surface area contributed by atoms with Gasteiger partial charge in [0, 0.05) is 13.1 Å². The van der Waals surface area contributed by atoms with E-state index in [0.29, 0.717) is 31.0 Å². The summed E-state index contributed by atoms with van der Waals surface area (Å²) in [6.07, 6.45) is 0.680. The molecule has 2 N–H and O–H groups in total. The summed E-state index contributed by atoms with van der Waals surface area (Å²) in [4.78, 5) is 12.2. The Labute approximate surface area is 165 Å². The Hall–Kier alpha value is -3.41. The van der Waals surface area contributed by atoms with Crippen molar-refractivity contribution in [1.82, 2.24) is 15.5 Å². The number of amides is 1. The molecule has 1 amide bonds. The molecule has 0 spiro atoms. The van der Waals surface area contributed by atoms with Crippen molar-refractivity contribution in [2.45, 2.75) is 19.9 Å². The summed E-state index contributed by atoms with van der Waals surface area (Å²) in [5.41, 5.74) is 3.73. The van der Waals surface area contributed by atoms with Gasteiger partial charge in [-0.05, 0) is 42.7 Å². The van der Waals surface area contributed by atoms with Crippen LogP contribution in [0.3, 0.4) is 0 Å². The number of rotatable bonds is 8. The van der Waals surface area contributed by atoms with Gasteiger partial charge in [0.1, 0.15) is 11.6 Å².